The topological polar surface area (TPSA) is 20.3 Å². The zero-order valence-electron chi connectivity index (χ0n) is 8.50. The van der Waals surface area contributed by atoms with Gasteiger partial charge in [-0.2, -0.15) is 0 Å². The lowest BCUT2D eigenvalue weighted by Gasteiger charge is -2.15. The van der Waals surface area contributed by atoms with E-state index in [1.165, 1.54) is 4.88 Å². The molecule has 0 saturated heterocycles. The Kier molecular flexibility index (Phi) is 4.86. The Labute approximate surface area is 102 Å². The molecule has 0 radical (unpaired) electrons. The second kappa shape index (κ2) is 5.94. The Hall–Kier alpha value is -0.790. The predicted molar refractivity (Wildman–Crippen MR) is 66.6 cm³/mol. The Morgan fingerprint density at radius 2 is 2.47 bits per heavy atom. The quantitative estimate of drug-likeness (QED) is 0.779. The Balaban J connectivity index is 2.45. The third-order valence-corrected chi connectivity index (χ3v) is 3.61. The van der Waals surface area contributed by atoms with Gasteiger partial charge in [0.25, 0.3) is 0 Å². The molecule has 0 unspecified atom stereocenters. The van der Waals surface area contributed by atoms with Crippen molar-refractivity contribution in [1.82, 2.24) is 4.90 Å². The van der Waals surface area contributed by atoms with Crippen molar-refractivity contribution >= 4 is 33.2 Å². The molecule has 0 aromatic carbocycles. The zero-order chi connectivity index (χ0) is 11.3. The average molecular weight is 286 g/mol. The lowest BCUT2D eigenvalue weighted by atomic mass is 10.3. The normalized spacial score (nSPS) is 9.67. The first-order chi connectivity index (χ1) is 7.13. The first-order valence-electron chi connectivity index (χ1n) is 4.54. The van der Waals surface area contributed by atoms with Gasteiger partial charge in [0.2, 0.25) is 5.91 Å². The van der Waals surface area contributed by atoms with Crippen molar-refractivity contribution in [3.8, 4) is 12.3 Å². The van der Waals surface area contributed by atoms with E-state index in [1.54, 1.807) is 23.3 Å². The molecular formula is C11H12BrNOS. The van der Waals surface area contributed by atoms with Gasteiger partial charge in [-0.3, -0.25) is 4.79 Å². The number of rotatable bonds is 4. The van der Waals surface area contributed by atoms with E-state index in [0.717, 1.165) is 4.47 Å². The highest BCUT2D eigenvalue weighted by atomic mass is 79.9. The van der Waals surface area contributed by atoms with Crippen molar-refractivity contribution in [2.75, 3.05) is 7.05 Å². The number of thiophene rings is 1. The largest absolute Gasteiger partial charge is 0.341 e. The van der Waals surface area contributed by atoms with Gasteiger partial charge in [0.05, 0.1) is 6.54 Å². The molecule has 0 bridgehead atoms. The Morgan fingerprint density at radius 1 is 1.73 bits per heavy atom. The summed E-state index contributed by atoms with van der Waals surface area (Å²) < 4.78 is 1.06. The number of carbonyl (C=O) groups is 1. The monoisotopic (exact) mass is 285 g/mol. The van der Waals surface area contributed by atoms with Crippen LogP contribution in [0.4, 0.5) is 0 Å². The maximum Gasteiger partial charge on any atom is 0.223 e. The minimum Gasteiger partial charge on any atom is -0.341 e. The van der Waals surface area contributed by atoms with Crippen LogP contribution in [0.5, 0.6) is 0 Å². The van der Waals surface area contributed by atoms with Gasteiger partial charge in [-0.05, 0) is 22.0 Å². The summed E-state index contributed by atoms with van der Waals surface area (Å²) in [6.07, 6.45) is 6.05. The minimum atomic E-state index is 0.0949. The van der Waals surface area contributed by atoms with Crippen LogP contribution in [0.2, 0.25) is 0 Å². The van der Waals surface area contributed by atoms with Crippen molar-refractivity contribution in [2.45, 2.75) is 19.4 Å². The van der Waals surface area contributed by atoms with E-state index in [1.807, 2.05) is 11.4 Å². The molecule has 1 aromatic heterocycles. The van der Waals surface area contributed by atoms with Crippen LogP contribution in [-0.4, -0.2) is 17.9 Å². The number of nitrogens with zero attached hydrogens (tertiary/aromatic N) is 1. The van der Waals surface area contributed by atoms with Crippen LogP contribution in [0, 0.1) is 12.3 Å². The van der Waals surface area contributed by atoms with Crippen molar-refractivity contribution < 1.29 is 4.79 Å². The number of terminal acetylenes is 1. The molecule has 0 saturated carbocycles. The molecule has 1 heterocycles. The van der Waals surface area contributed by atoms with E-state index in [2.05, 4.69) is 21.9 Å². The summed E-state index contributed by atoms with van der Waals surface area (Å²) in [6, 6.07) is 2.02. The number of carbonyl (C=O) groups excluding carboxylic acids is 1. The van der Waals surface area contributed by atoms with Crippen molar-refractivity contribution in [3.05, 3.63) is 20.8 Å². The molecule has 0 aliphatic heterocycles. The molecule has 1 rings (SSSR count). The minimum absolute atomic E-state index is 0.0949. The third kappa shape index (κ3) is 4.06. The second-order valence-electron chi connectivity index (χ2n) is 3.19. The van der Waals surface area contributed by atoms with Crippen molar-refractivity contribution in [2.24, 2.45) is 0 Å². The van der Waals surface area contributed by atoms with Crippen LogP contribution < -0.4 is 0 Å². The van der Waals surface area contributed by atoms with Gasteiger partial charge >= 0.3 is 0 Å². The molecule has 4 heteroatoms. The lowest BCUT2D eigenvalue weighted by Crippen LogP contribution is -2.25. The zero-order valence-corrected chi connectivity index (χ0v) is 10.9. The van der Waals surface area contributed by atoms with Gasteiger partial charge in [0.15, 0.2) is 0 Å². The molecule has 2 nitrogen and oxygen atoms in total. The maximum atomic E-state index is 11.5. The van der Waals surface area contributed by atoms with Crippen LogP contribution in [0.1, 0.15) is 17.7 Å². The molecule has 0 aliphatic rings. The first-order valence-corrected chi connectivity index (χ1v) is 6.21. The van der Waals surface area contributed by atoms with Gasteiger partial charge < -0.3 is 4.90 Å². The number of hydrogen-bond acceptors (Lipinski definition) is 2. The summed E-state index contributed by atoms with van der Waals surface area (Å²) in [5.41, 5.74) is 0. The van der Waals surface area contributed by atoms with Crippen LogP contribution in [0.25, 0.3) is 0 Å². The van der Waals surface area contributed by atoms with E-state index in [4.69, 9.17) is 6.42 Å². The smallest absolute Gasteiger partial charge is 0.223 e. The van der Waals surface area contributed by atoms with Gasteiger partial charge in [0, 0.05) is 34.6 Å². The summed E-state index contributed by atoms with van der Waals surface area (Å²) in [4.78, 5) is 14.4. The molecule has 1 amide bonds. The molecule has 0 N–H and O–H groups in total. The lowest BCUT2D eigenvalue weighted by molar-refractivity contribution is -0.130. The highest BCUT2D eigenvalue weighted by Gasteiger charge is 2.09. The SMILES string of the molecule is C#CCCC(=O)N(C)Cc1cc(Br)cs1. The van der Waals surface area contributed by atoms with Crippen LogP contribution in [0.15, 0.2) is 15.9 Å². The Morgan fingerprint density at radius 3 is 3.00 bits per heavy atom. The van der Waals surface area contributed by atoms with Crippen LogP contribution in [0.3, 0.4) is 0 Å². The van der Waals surface area contributed by atoms with E-state index < -0.39 is 0 Å². The summed E-state index contributed by atoms with van der Waals surface area (Å²) >= 11 is 5.02. The molecule has 0 atom stereocenters. The van der Waals surface area contributed by atoms with E-state index in [-0.39, 0.29) is 5.91 Å². The summed E-state index contributed by atoms with van der Waals surface area (Å²) in [6.45, 7) is 0.652. The van der Waals surface area contributed by atoms with Gasteiger partial charge in [-0.15, -0.1) is 23.7 Å². The molecule has 0 spiro atoms. The van der Waals surface area contributed by atoms with Crippen LogP contribution in [-0.2, 0) is 11.3 Å². The number of hydrogen-bond donors (Lipinski definition) is 0. The van der Waals surface area contributed by atoms with E-state index >= 15 is 0 Å². The highest BCUT2D eigenvalue weighted by Crippen LogP contribution is 2.20. The molecule has 1 aromatic rings. The fourth-order valence-electron chi connectivity index (χ4n) is 1.13. The third-order valence-electron chi connectivity index (χ3n) is 1.92. The average Bonchev–Trinajstić information content (AvgIpc) is 2.60. The number of amides is 1. The predicted octanol–water partition coefficient (Wildman–Crippen LogP) is 2.88. The molecule has 0 aliphatic carbocycles. The van der Waals surface area contributed by atoms with Gasteiger partial charge in [-0.1, -0.05) is 0 Å². The van der Waals surface area contributed by atoms with Gasteiger partial charge in [-0.25, -0.2) is 0 Å². The van der Waals surface area contributed by atoms with E-state index in [0.29, 0.717) is 19.4 Å². The molecular weight excluding hydrogens is 274 g/mol. The molecule has 80 valence electrons. The summed E-state index contributed by atoms with van der Waals surface area (Å²) in [7, 11) is 1.80. The first kappa shape index (κ1) is 12.3. The maximum absolute atomic E-state index is 11.5. The van der Waals surface area contributed by atoms with Crippen molar-refractivity contribution in [3.63, 3.8) is 0 Å². The standard InChI is InChI=1S/C11H12BrNOS/c1-3-4-5-11(14)13(2)7-10-6-9(12)8-15-10/h1,6,8H,4-5,7H2,2H3. The fraction of sp³-hybridized carbons (Fsp3) is 0.364. The number of halogens is 1. The van der Waals surface area contributed by atoms with Crippen molar-refractivity contribution in [1.29, 1.82) is 0 Å². The van der Waals surface area contributed by atoms with Crippen LogP contribution >= 0.6 is 27.3 Å². The summed E-state index contributed by atoms with van der Waals surface area (Å²) in [5.74, 6) is 2.56. The van der Waals surface area contributed by atoms with E-state index in [9.17, 15) is 4.79 Å². The molecule has 0 fully saturated rings. The fourth-order valence-corrected chi connectivity index (χ4v) is 2.63. The summed E-state index contributed by atoms with van der Waals surface area (Å²) in [5, 5.41) is 2.01. The Bertz CT molecular complexity index is 380. The van der Waals surface area contributed by atoms with Gasteiger partial charge in [0.1, 0.15) is 0 Å². The highest BCUT2D eigenvalue weighted by molar-refractivity contribution is 9.10. The second-order valence-corrected chi connectivity index (χ2v) is 5.10. The molecule has 15 heavy (non-hydrogen) atoms.